The molecule has 0 amide bonds. The maximum absolute atomic E-state index is 11.6. The Labute approximate surface area is 95.8 Å². The van der Waals surface area contributed by atoms with Crippen molar-refractivity contribution in [1.82, 2.24) is 9.97 Å². The van der Waals surface area contributed by atoms with E-state index in [2.05, 4.69) is 9.97 Å². The van der Waals surface area contributed by atoms with Gasteiger partial charge in [-0.2, -0.15) is 0 Å². The van der Waals surface area contributed by atoms with Crippen LogP contribution in [0.4, 0.5) is 0 Å². The summed E-state index contributed by atoms with van der Waals surface area (Å²) in [4.78, 5) is 19.5. The Morgan fingerprint density at radius 1 is 1.40 bits per heavy atom. The van der Waals surface area contributed by atoms with E-state index in [0.29, 0.717) is 10.0 Å². The summed E-state index contributed by atoms with van der Waals surface area (Å²) >= 11 is 7.16. The van der Waals surface area contributed by atoms with Gasteiger partial charge in [-0.25, -0.2) is 4.98 Å². The fourth-order valence-electron chi connectivity index (χ4n) is 1.23. The first-order chi connectivity index (χ1) is 7.08. The van der Waals surface area contributed by atoms with Gasteiger partial charge in [0.25, 0.3) is 5.56 Å². The molecule has 2 heterocycles. The van der Waals surface area contributed by atoms with Crippen LogP contribution in [-0.4, -0.2) is 9.97 Å². The van der Waals surface area contributed by atoms with Crippen LogP contribution in [0.1, 0.15) is 11.4 Å². The fourth-order valence-corrected chi connectivity index (χ4v) is 2.26. The smallest absolute Gasteiger partial charge is 0.275 e. The molecule has 0 aliphatic rings. The highest BCUT2D eigenvalue weighted by molar-refractivity contribution is 7.19. The summed E-state index contributed by atoms with van der Waals surface area (Å²) in [5.41, 5.74) is 1.90. The van der Waals surface area contributed by atoms with Gasteiger partial charge in [-0.1, -0.05) is 11.6 Å². The molecule has 2 aromatic heterocycles. The number of rotatable bonds is 1. The van der Waals surface area contributed by atoms with Gasteiger partial charge in [-0.15, -0.1) is 11.3 Å². The zero-order valence-corrected chi connectivity index (χ0v) is 9.87. The standard InChI is InChI=1S/C10H9ClN2OS/c1-5-6(2)13-10(14)9(12-5)7-3-4-8(11)15-7/h3-4H,1-2H3,(H,13,14). The predicted molar refractivity (Wildman–Crippen MR) is 62.7 cm³/mol. The van der Waals surface area contributed by atoms with Gasteiger partial charge in [0.2, 0.25) is 0 Å². The molecule has 0 unspecified atom stereocenters. The van der Waals surface area contributed by atoms with Gasteiger partial charge in [-0.3, -0.25) is 4.79 Å². The van der Waals surface area contributed by atoms with E-state index in [-0.39, 0.29) is 5.56 Å². The topological polar surface area (TPSA) is 45.8 Å². The van der Waals surface area contributed by atoms with Gasteiger partial charge in [0, 0.05) is 5.69 Å². The number of aromatic nitrogens is 2. The third-order valence-electron chi connectivity index (χ3n) is 2.14. The molecule has 3 nitrogen and oxygen atoms in total. The summed E-state index contributed by atoms with van der Waals surface area (Å²) in [5.74, 6) is 0. The summed E-state index contributed by atoms with van der Waals surface area (Å²) in [6, 6.07) is 3.57. The number of hydrogen-bond donors (Lipinski definition) is 1. The van der Waals surface area contributed by atoms with Crippen LogP contribution >= 0.6 is 22.9 Å². The maximum Gasteiger partial charge on any atom is 0.275 e. The number of thiophene rings is 1. The molecule has 0 saturated heterocycles. The van der Waals surface area contributed by atoms with E-state index >= 15 is 0 Å². The molecule has 1 N–H and O–H groups in total. The largest absolute Gasteiger partial charge is 0.323 e. The SMILES string of the molecule is Cc1nc(-c2ccc(Cl)s2)c(=O)[nH]c1C. The molecule has 0 spiro atoms. The lowest BCUT2D eigenvalue weighted by Crippen LogP contribution is -2.13. The van der Waals surface area contributed by atoms with E-state index in [1.807, 2.05) is 13.8 Å². The quantitative estimate of drug-likeness (QED) is 0.833. The fraction of sp³-hybridized carbons (Fsp3) is 0.200. The Bertz CT molecular complexity index is 559. The molecule has 0 radical (unpaired) electrons. The van der Waals surface area contributed by atoms with Gasteiger partial charge in [0.05, 0.1) is 14.9 Å². The second-order valence-corrected chi connectivity index (χ2v) is 4.94. The molecule has 0 fully saturated rings. The van der Waals surface area contributed by atoms with E-state index in [4.69, 9.17) is 11.6 Å². The zero-order chi connectivity index (χ0) is 11.0. The molecule has 0 bridgehead atoms. The minimum absolute atomic E-state index is 0.170. The Morgan fingerprint density at radius 3 is 2.73 bits per heavy atom. The predicted octanol–water partition coefficient (Wildman–Crippen LogP) is 2.77. The minimum Gasteiger partial charge on any atom is -0.323 e. The number of nitrogens with one attached hydrogen (secondary N) is 1. The third-order valence-corrected chi connectivity index (χ3v) is 3.38. The van der Waals surface area contributed by atoms with Crippen molar-refractivity contribution in [2.75, 3.05) is 0 Å². The number of H-pyrrole nitrogens is 1. The molecule has 0 saturated carbocycles. The number of nitrogens with zero attached hydrogens (tertiary/aromatic N) is 1. The van der Waals surface area contributed by atoms with Crippen molar-refractivity contribution in [2.45, 2.75) is 13.8 Å². The van der Waals surface area contributed by atoms with Crippen LogP contribution in [0.5, 0.6) is 0 Å². The average molecular weight is 241 g/mol. The summed E-state index contributed by atoms with van der Waals surface area (Å²) in [6.45, 7) is 3.69. The lowest BCUT2D eigenvalue weighted by molar-refractivity contribution is 1.02. The first-order valence-corrected chi connectivity index (χ1v) is 5.60. The summed E-state index contributed by atoms with van der Waals surface area (Å²) in [6.07, 6.45) is 0. The van der Waals surface area contributed by atoms with Crippen LogP contribution in [0.25, 0.3) is 10.6 Å². The van der Waals surface area contributed by atoms with Crippen LogP contribution in [0, 0.1) is 13.8 Å². The molecule has 0 atom stereocenters. The van der Waals surface area contributed by atoms with Gasteiger partial charge in [0.15, 0.2) is 0 Å². The van der Waals surface area contributed by atoms with Crippen molar-refractivity contribution in [2.24, 2.45) is 0 Å². The van der Waals surface area contributed by atoms with E-state index in [1.165, 1.54) is 11.3 Å². The van der Waals surface area contributed by atoms with E-state index < -0.39 is 0 Å². The number of aryl methyl sites for hydroxylation is 2. The van der Waals surface area contributed by atoms with Crippen molar-refractivity contribution < 1.29 is 0 Å². The van der Waals surface area contributed by atoms with Crippen molar-refractivity contribution in [3.05, 3.63) is 38.2 Å². The first-order valence-electron chi connectivity index (χ1n) is 4.41. The maximum atomic E-state index is 11.6. The Kier molecular flexibility index (Phi) is 2.63. The van der Waals surface area contributed by atoms with Gasteiger partial charge < -0.3 is 4.98 Å². The molecular weight excluding hydrogens is 232 g/mol. The Morgan fingerprint density at radius 2 is 2.13 bits per heavy atom. The first kappa shape index (κ1) is 10.4. The Hall–Kier alpha value is -1.13. The van der Waals surface area contributed by atoms with E-state index in [1.54, 1.807) is 12.1 Å². The molecule has 0 aliphatic heterocycles. The average Bonchev–Trinajstić information content (AvgIpc) is 2.58. The van der Waals surface area contributed by atoms with Crippen LogP contribution < -0.4 is 5.56 Å². The number of aromatic amines is 1. The second kappa shape index (κ2) is 3.79. The molecule has 15 heavy (non-hydrogen) atoms. The molecule has 78 valence electrons. The van der Waals surface area contributed by atoms with Crippen molar-refractivity contribution in [1.29, 1.82) is 0 Å². The molecule has 2 aromatic rings. The van der Waals surface area contributed by atoms with Crippen molar-refractivity contribution >= 4 is 22.9 Å². The Balaban J connectivity index is 2.63. The summed E-state index contributed by atoms with van der Waals surface area (Å²) in [5, 5.41) is 0. The van der Waals surface area contributed by atoms with Gasteiger partial charge >= 0.3 is 0 Å². The summed E-state index contributed by atoms with van der Waals surface area (Å²) in [7, 11) is 0. The molecule has 0 aliphatic carbocycles. The van der Waals surface area contributed by atoms with Crippen LogP contribution in [0.2, 0.25) is 4.34 Å². The molecular formula is C10H9ClN2OS. The van der Waals surface area contributed by atoms with E-state index in [9.17, 15) is 4.79 Å². The highest BCUT2D eigenvalue weighted by Gasteiger charge is 2.09. The van der Waals surface area contributed by atoms with Gasteiger partial charge in [-0.05, 0) is 26.0 Å². The second-order valence-electron chi connectivity index (χ2n) is 3.23. The van der Waals surface area contributed by atoms with Crippen LogP contribution in [-0.2, 0) is 0 Å². The highest BCUT2D eigenvalue weighted by atomic mass is 35.5. The van der Waals surface area contributed by atoms with Crippen molar-refractivity contribution in [3.63, 3.8) is 0 Å². The molecule has 0 aromatic carbocycles. The van der Waals surface area contributed by atoms with Gasteiger partial charge in [0.1, 0.15) is 5.69 Å². The summed E-state index contributed by atoms with van der Waals surface area (Å²) < 4.78 is 0.657. The zero-order valence-electron chi connectivity index (χ0n) is 8.30. The van der Waals surface area contributed by atoms with Crippen LogP contribution in [0.3, 0.4) is 0 Å². The lowest BCUT2D eigenvalue weighted by atomic mass is 10.3. The third kappa shape index (κ3) is 1.96. The minimum atomic E-state index is -0.170. The normalized spacial score (nSPS) is 10.6. The molecule has 2 rings (SSSR count). The number of halogens is 1. The monoisotopic (exact) mass is 240 g/mol. The van der Waals surface area contributed by atoms with Crippen LogP contribution in [0.15, 0.2) is 16.9 Å². The molecule has 5 heteroatoms. The lowest BCUT2D eigenvalue weighted by Gasteiger charge is -2.01. The highest BCUT2D eigenvalue weighted by Crippen LogP contribution is 2.27. The van der Waals surface area contributed by atoms with E-state index in [0.717, 1.165) is 16.3 Å². The van der Waals surface area contributed by atoms with Crippen molar-refractivity contribution in [3.8, 4) is 10.6 Å². The number of hydrogen-bond acceptors (Lipinski definition) is 3.